The zero-order valence-corrected chi connectivity index (χ0v) is 15.4. The minimum absolute atomic E-state index is 0.120. The van der Waals surface area contributed by atoms with Crippen LogP contribution >= 0.6 is 23.4 Å². The number of rotatable bonds is 4. The number of hydrogen-bond acceptors (Lipinski definition) is 5. The van der Waals surface area contributed by atoms with Crippen molar-refractivity contribution in [1.82, 2.24) is 4.98 Å². The molecule has 0 aliphatic rings. The molecule has 0 radical (unpaired) electrons. The quantitative estimate of drug-likeness (QED) is 0.293. The maximum Gasteiger partial charge on any atom is 0.186 e. The van der Waals surface area contributed by atoms with Gasteiger partial charge in [0, 0.05) is 28.4 Å². The number of carbonyl (C=O) groups excluding carboxylic acids is 1. The molecule has 0 saturated heterocycles. The van der Waals surface area contributed by atoms with Crippen molar-refractivity contribution in [1.29, 1.82) is 0 Å². The van der Waals surface area contributed by atoms with Gasteiger partial charge in [0.05, 0.1) is 11.2 Å². The van der Waals surface area contributed by atoms with Crippen LogP contribution in [0.15, 0.2) is 64.7 Å². The fourth-order valence-electron chi connectivity index (χ4n) is 2.28. The van der Waals surface area contributed by atoms with Gasteiger partial charge in [-0.2, -0.15) is 5.10 Å². The van der Waals surface area contributed by atoms with Crippen LogP contribution in [0.1, 0.15) is 12.5 Å². The van der Waals surface area contributed by atoms with Gasteiger partial charge in [-0.25, -0.2) is 0 Å². The van der Waals surface area contributed by atoms with E-state index in [2.05, 4.69) is 15.5 Å². The van der Waals surface area contributed by atoms with Crippen LogP contribution in [0.5, 0.6) is 0 Å². The molecule has 6 heteroatoms. The number of ketones is 1. The van der Waals surface area contributed by atoms with Crippen LogP contribution in [-0.4, -0.2) is 15.8 Å². The summed E-state index contributed by atoms with van der Waals surface area (Å²) in [6, 6.07) is 15.3. The van der Waals surface area contributed by atoms with Crippen LogP contribution in [0.25, 0.3) is 10.9 Å². The third-order valence-corrected chi connectivity index (χ3v) is 5.18. The van der Waals surface area contributed by atoms with Crippen molar-refractivity contribution in [3.63, 3.8) is 0 Å². The van der Waals surface area contributed by atoms with E-state index in [-0.39, 0.29) is 5.78 Å². The average molecular weight is 370 g/mol. The van der Waals surface area contributed by atoms with Crippen molar-refractivity contribution in [3.05, 3.63) is 65.3 Å². The summed E-state index contributed by atoms with van der Waals surface area (Å²) in [5, 5.41) is 6.32. The van der Waals surface area contributed by atoms with E-state index in [4.69, 9.17) is 11.6 Å². The van der Waals surface area contributed by atoms with Crippen molar-refractivity contribution in [3.8, 4) is 0 Å². The lowest BCUT2D eigenvalue weighted by molar-refractivity contribution is -0.110. The van der Waals surface area contributed by atoms with E-state index in [9.17, 15) is 4.79 Å². The molecule has 3 rings (SSSR count). The lowest BCUT2D eigenvalue weighted by Gasteiger charge is -2.09. The number of halogens is 1. The second kappa shape index (κ2) is 7.68. The fraction of sp³-hybridized carbons (Fsp3) is 0.105. The number of carbonyl (C=O) groups is 1. The van der Waals surface area contributed by atoms with E-state index < -0.39 is 0 Å². The van der Waals surface area contributed by atoms with Gasteiger partial charge >= 0.3 is 0 Å². The number of benzene rings is 2. The zero-order valence-electron chi connectivity index (χ0n) is 13.8. The molecule has 0 saturated carbocycles. The number of Topliss-reactive ketones (excluding diaryl/α,β-unsaturated/α-hetero) is 1. The summed E-state index contributed by atoms with van der Waals surface area (Å²) in [6.45, 7) is 3.40. The first-order chi connectivity index (χ1) is 12.1. The molecule has 0 unspecified atom stereocenters. The predicted molar refractivity (Wildman–Crippen MR) is 106 cm³/mol. The monoisotopic (exact) mass is 369 g/mol. The first kappa shape index (κ1) is 17.5. The summed E-state index contributed by atoms with van der Waals surface area (Å²) in [5.41, 5.74) is 5.44. The molecule has 25 heavy (non-hydrogen) atoms. The molecule has 2 aromatic carbocycles. The van der Waals surface area contributed by atoms with E-state index in [0.29, 0.717) is 10.1 Å². The third-order valence-electron chi connectivity index (χ3n) is 3.65. The van der Waals surface area contributed by atoms with Gasteiger partial charge in [-0.3, -0.25) is 15.2 Å². The number of pyridine rings is 1. The minimum Gasteiger partial charge on any atom is -0.292 e. The second-order valence-corrected chi connectivity index (χ2v) is 6.87. The van der Waals surface area contributed by atoms with Gasteiger partial charge in [-0.05, 0) is 36.8 Å². The Morgan fingerprint density at radius 1 is 1.16 bits per heavy atom. The molecule has 0 atom stereocenters. The highest BCUT2D eigenvalue weighted by Gasteiger charge is 2.12. The molecule has 0 fully saturated rings. The molecule has 1 heterocycles. The van der Waals surface area contributed by atoms with Crippen LogP contribution in [0.4, 0.5) is 5.69 Å². The lowest BCUT2D eigenvalue weighted by atomic mass is 10.2. The van der Waals surface area contributed by atoms with E-state index in [1.165, 1.54) is 18.7 Å². The van der Waals surface area contributed by atoms with Gasteiger partial charge in [0.25, 0.3) is 0 Å². The average Bonchev–Trinajstić information content (AvgIpc) is 2.61. The third kappa shape index (κ3) is 4.00. The Morgan fingerprint density at radius 3 is 2.72 bits per heavy atom. The minimum atomic E-state index is -0.120. The Labute approximate surface area is 155 Å². The van der Waals surface area contributed by atoms with Gasteiger partial charge < -0.3 is 0 Å². The van der Waals surface area contributed by atoms with Gasteiger partial charge in [0.1, 0.15) is 0 Å². The summed E-state index contributed by atoms with van der Waals surface area (Å²) in [7, 11) is 0. The number of nitrogens with zero attached hydrogens (tertiary/aromatic N) is 2. The van der Waals surface area contributed by atoms with E-state index in [0.717, 1.165) is 27.0 Å². The molecule has 0 spiro atoms. The molecule has 1 N–H and O–H groups in total. The topological polar surface area (TPSA) is 54.4 Å². The van der Waals surface area contributed by atoms with Gasteiger partial charge in [-0.15, -0.1) is 0 Å². The van der Waals surface area contributed by atoms with Gasteiger partial charge in [0.2, 0.25) is 0 Å². The molecule has 4 nitrogen and oxygen atoms in total. The van der Waals surface area contributed by atoms with E-state index in [1.54, 1.807) is 6.20 Å². The van der Waals surface area contributed by atoms with Crippen molar-refractivity contribution in [2.24, 2.45) is 5.10 Å². The molecular weight excluding hydrogens is 354 g/mol. The van der Waals surface area contributed by atoms with Crippen molar-refractivity contribution in [2.45, 2.75) is 18.7 Å². The van der Waals surface area contributed by atoms with Gasteiger partial charge in [0.15, 0.2) is 10.8 Å². The van der Waals surface area contributed by atoms with Crippen LogP contribution in [0.3, 0.4) is 0 Å². The van der Waals surface area contributed by atoms with Crippen molar-refractivity contribution < 1.29 is 4.79 Å². The number of thioether (sulfide) groups is 1. The molecule has 0 aliphatic heterocycles. The maximum atomic E-state index is 12.0. The second-order valence-electron chi connectivity index (χ2n) is 5.43. The highest BCUT2D eigenvalue weighted by atomic mass is 35.5. The standard InChI is InChI=1S/C19H16ClN3OS/c1-12-15(20)8-4-9-16(12)22-23-19(13(2)24)25-17-10-3-6-14-7-5-11-21-18(14)17/h3-11,22H,1-2H3. The maximum absolute atomic E-state index is 12.0. The molecule has 0 bridgehead atoms. The fourth-order valence-corrected chi connectivity index (χ4v) is 3.31. The Bertz CT molecular complexity index is 967. The SMILES string of the molecule is CC(=O)C(=NNc1cccc(Cl)c1C)Sc1cccc2cccnc12. The number of hydrogen-bond donors (Lipinski definition) is 1. The summed E-state index contributed by atoms with van der Waals surface area (Å²) in [6.07, 6.45) is 1.74. The van der Waals surface area contributed by atoms with Crippen LogP contribution in [0.2, 0.25) is 5.02 Å². The Hall–Kier alpha value is -2.37. The van der Waals surface area contributed by atoms with Crippen LogP contribution in [-0.2, 0) is 4.79 Å². The molecular formula is C19H16ClN3OS. The number of hydrazone groups is 1. The van der Waals surface area contributed by atoms with E-state index in [1.807, 2.05) is 55.5 Å². The van der Waals surface area contributed by atoms with Crippen LogP contribution in [0, 0.1) is 6.92 Å². The number of nitrogens with one attached hydrogen (secondary N) is 1. The summed E-state index contributed by atoms with van der Waals surface area (Å²) in [5.74, 6) is -0.120. The summed E-state index contributed by atoms with van der Waals surface area (Å²) in [4.78, 5) is 17.3. The zero-order chi connectivity index (χ0) is 17.8. The number of fused-ring (bicyclic) bond motifs is 1. The Morgan fingerprint density at radius 2 is 1.92 bits per heavy atom. The smallest absolute Gasteiger partial charge is 0.186 e. The highest BCUT2D eigenvalue weighted by Crippen LogP contribution is 2.28. The molecule has 1 aromatic heterocycles. The number of para-hydroxylation sites is 1. The lowest BCUT2D eigenvalue weighted by Crippen LogP contribution is -2.08. The predicted octanol–water partition coefficient (Wildman–Crippen LogP) is 5.30. The summed E-state index contributed by atoms with van der Waals surface area (Å²) < 4.78 is 0. The molecule has 3 aromatic rings. The first-order valence-corrected chi connectivity index (χ1v) is 8.87. The Balaban J connectivity index is 1.91. The first-order valence-electron chi connectivity index (χ1n) is 7.67. The van der Waals surface area contributed by atoms with Crippen molar-refractivity contribution >= 4 is 50.8 Å². The normalized spacial score (nSPS) is 11.6. The van der Waals surface area contributed by atoms with Crippen LogP contribution < -0.4 is 5.43 Å². The van der Waals surface area contributed by atoms with E-state index >= 15 is 0 Å². The van der Waals surface area contributed by atoms with Gasteiger partial charge in [-0.1, -0.05) is 47.6 Å². The molecule has 0 aliphatic carbocycles. The number of aromatic nitrogens is 1. The molecule has 126 valence electrons. The highest BCUT2D eigenvalue weighted by molar-refractivity contribution is 8.15. The summed E-state index contributed by atoms with van der Waals surface area (Å²) >= 11 is 7.42. The van der Waals surface area contributed by atoms with Crippen molar-refractivity contribution in [2.75, 3.05) is 5.43 Å². The number of anilines is 1. The Kier molecular flexibility index (Phi) is 5.36. The largest absolute Gasteiger partial charge is 0.292 e. The molecule has 0 amide bonds.